The lowest BCUT2D eigenvalue weighted by atomic mass is 10.1. The minimum absolute atomic E-state index is 0.331. The minimum atomic E-state index is 0.331. The van der Waals surface area contributed by atoms with Crippen LogP contribution in [-0.2, 0) is 6.54 Å². The number of hydrogen-bond donors (Lipinski definition) is 1. The Morgan fingerprint density at radius 2 is 2.11 bits per heavy atom. The SMILES string of the molecule is CC(NCCCn1ccnn1)c1ccc(Cl)cc1. The van der Waals surface area contributed by atoms with Crippen LogP contribution in [0.25, 0.3) is 0 Å². The van der Waals surface area contributed by atoms with E-state index in [1.165, 1.54) is 5.56 Å². The van der Waals surface area contributed by atoms with Gasteiger partial charge in [0.05, 0.1) is 6.20 Å². The summed E-state index contributed by atoms with van der Waals surface area (Å²) in [4.78, 5) is 0. The summed E-state index contributed by atoms with van der Waals surface area (Å²) in [5, 5.41) is 11.9. The number of benzene rings is 1. The molecule has 1 atom stereocenters. The third-order valence-corrected chi connectivity index (χ3v) is 3.11. The highest BCUT2D eigenvalue weighted by atomic mass is 35.5. The van der Waals surface area contributed by atoms with Gasteiger partial charge in [-0.15, -0.1) is 5.10 Å². The summed E-state index contributed by atoms with van der Waals surface area (Å²) in [6, 6.07) is 8.28. The van der Waals surface area contributed by atoms with Crippen LogP contribution >= 0.6 is 11.6 Å². The Hall–Kier alpha value is -1.39. The van der Waals surface area contributed by atoms with Gasteiger partial charge in [-0.05, 0) is 37.6 Å². The lowest BCUT2D eigenvalue weighted by Gasteiger charge is -2.14. The molecule has 4 nitrogen and oxygen atoms in total. The number of aryl methyl sites for hydroxylation is 1. The molecule has 0 saturated heterocycles. The van der Waals surface area contributed by atoms with Gasteiger partial charge in [0, 0.05) is 23.8 Å². The fourth-order valence-corrected chi connectivity index (χ4v) is 1.91. The molecule has 0 saturated carbocycles. The number of nitrogens with zero attached hydrogens (tertiary/aromatic N) is 3. The molecular formula is C13H17ClN4. The maximum absolute atomic E-state index is 5.86. The molecule has 1 aromatic heterocycles. The van der Waals surface area contributed by atoms with E-state index < -0.39 is 0 Å². The topological polar surface area (TPSA) is 42.7 Å². The van der Waals surface area contributed by atoms with Gasteiger partial charge in [-0.1, -0.05) is 28.9 Å². The number of hydrogen-bond acceptors (Lipinski definition) is 3. The fourth-order valence-electron chi connectivity index (χ4n) is 1.78. The molecule has 0 amide bonds. The number of halogens is 1. The molecule has 96 valence electrons. The van der Waals surface area contributed by atoms with Crippen LogP contribution in [0, 0.1) is 0 Å². The van der Waals surface area contributed by atoms with Crippen molar-refractivity contribution in [2.24, 2.45) is 0 Å². The smallest absolute Gasteiger partial charge is 0.0692 e. The van der Waals surface area contributed by atoms with E-state index in [0.717, 1.165) is 24.5 Å². The van der Waals surface area contributed by atoms with Gasteiger partial charge < -0.3 is 5.32 Å². The summed E-state index contributed by atoms with van der Waals surface area (Å²) in [7, 11) is 0. The van der Waals surface area contributed by atoms with Gasteiger partial charge >= 0.3 is 0 Å². The molecule has 1 unspecified atom stereocenters. The predicted octanol–water partition coefficient (Wildman–Crippen LogP) is 2.67. The highest BCUT2D eigenvalue weighted by molar-refractivity contribution is 6.30. The zero-order valence-electron chi connectivity index (χ0n) is 10.4. The Morgan fingerprint density at radius 1 is 1.33 bits per heavy atom. The van der Waals surface area contributed by atoms with Crippen molar-refractivity contribution < 1.29 is 0 Å². The predicted molar refractivity (Wildman–Crippen MR) is 72.5 cm³/mol. The van der Waals surface area contributed by atoms with Crippen LogP contribution in [0.1, 0.15) is 24.9 Å². The maximum Gasteiger partial charge on any atom is 0.0692 e. The maximum atomic E-state index is 5.86. The first-order valence-electron chi connectivity index (χ1n) is 6.08. The summed E-state index contributed by atoms with van der Waals surface area (Å²) < 4.78 is 1.84. The fraction of sp³-hybridized carbons (Fsp3) is 0.385. The third-order valence-electron chi connectivity index (χ3n) is 2.86. The molecule has 0 fully saturated rings. The van der Waals surface area contributed by atoms with Crippen molar-refractivity contribution >= 4 is 11.6 Å². The van der Waals surface area contributed by atoms with Gasteiger partial charge in [0.15, 0.2) is 0 Å². The monoisotopic (exact) mass is 264 g/mol. The largest absolute Gasteiger partial charge is 0.310 e. The second-order valence-electron chi connectivity index (χ2n) is 4.25. The van der Waals surface area contributed by atoms with Crippen LogP contribution in [0.4, 0.5) is 0 Å². The van der Waals surface area contributed by atoms with Crippen LogP contribution in [0.15, 0.2) is 36.7 Å². The van der Waals surface area contributed by atoms with E-state index in [0.29, 0.717) is 6.04 Å². The van der Waals surface area contributed by atoms with Gasteiger partial charge in [-0.3, -0.25) is 4.68 Å². The van der Waals surface area contributed by atoms with Crippen LogP contribution in [0.2, 0.25) is 5.02 Å². The summed E-state index contributed by atoms with van der Waals surface area (Å²) in [6.45, 7) is 3.99. The quantitative estimate of drug-likeness (QED) is 0.816. The van der Waals surface area contributed by atoms with Crippen molar-refractivity contribution in [1.82, 2.24) is 20.3 Å². The van der Waals surface area contributed by atoms with E-state index in [1.807, 2.05) is 23.0 Å². The lowest BCUT2D eigenvalue weighted by Crippen LogP contribution is -2.21. The van der Waals surface area contributed by atoms with Crippen molar-refractivity contribution in [3.8, 4) is 0 Å². The summed E-state index contributed by atoms with van der Waals surface area (Å²) in [5.74, 6) is 0. The Morgan fingerprint density at radius 3 is 2.78 bits per heavy atom. The van der Waals surface area contributed by atoms with Crippen LogP contribution in [0.3, 0.4) is 0 Å². The van der Waals surface area contributed by atoms with E-state index >= 15 is 0 Å². The highest BCUT2D eigenvalue weighted by Gasteiger charge is 2.03. The molecule has 2 aromatic rings. The van der Waals surface area contributed by atoms with E-state index in [1.54, 1.807) is 6.20 Å². The van der Waals surface area contributed by atoms with Gasteiger partial charge in [0.1, 0.15) is 0 Å². The first-order chi connectivity index (χ1) is 8.75. The first kappa shape index (κ1) is 13.1. The Balaban J connectivity index is 1.71. The van der Waals surface area contributed by atoms with Gasteiger partial charge in [-0.2, -0.15) is 0 Å². The second-order valence-corrected chi connectivity index (χ2v) is 4.68. The Bertz CT molecular complexity index is 452. The average molecular weight is 265 g/mol. The number of rotatable bonds is 6. The molecule has 0 spiro atoms. The summed E-state index contributed by atoms with van der Waals surface area (Å²) in [6.07, 6.45) is 4.60. The van der Waals surface area contributed by atoms with Crippen LogP contribution in [-0.4, -0.2) is 21.5 Å². The molecule has 0 aliphatic rings. The van der Waals surface area contributed by atoms with Crippen LogP contribution in [0.5, 0.6) is 0 Å². The van der Waals surface area contributed by atoms with Crippen molar-refractivity contribution in [2.45, 2.75) is 25.9 Å². The van der Waals surface area contributed by atoms with Gasteiger partial charge in [0.2, 0.25) is 0 Å². The van der Waals surface area contributed by atoms with E-state index in [-0.39, 0.29) is 0 Å². The molecule has 0 aliphatic heterocycles. The molecule has 0 aliphatic carbocycles. The highest BCUT2D eigenvalue weighted by Crippen LogP contribution is 2.15. The van der Waals surface area contributed by atoms with Gasteiger partial charge in [-0.25, -0.2) is 0 Å². The molecule has 1 N–H and O–H groups in total. The molecule has 0 bridgehead atoms. The average Bonchev–Trinajstić information content (AvgIpc) is 2.88. The van der Waals surface area contributed by atoms with Crippen molar-refractivity contribution in [3.63, 3.8) is 0 Å². The molecule has 18 heavy (non-hydrogen) atoms. The van der Waals surface area contributed by atoms with Crippen molar-refractivity contribution in [1.29, 1.82) is 0 Å². The second kappa shape index (κ2) is 6.52. The van der Waals surface area contributed by atoms with Crippen molar-refractivity contribution in [2.75, 3.05) is 6.54 Å². The number of aromatic nitrogens is 3. The standard InChI is InChI=1S/C13H17ClN4/c1-11(12-3-5-13(14)6-4-12)15-7-2-9-18-10-8-16-17-18/h3-6,8,10-11,15H,2,7,9H2,1H3. The Kier molecular flexibility index (Phi) is 4.73. The zero-order valence-corrected chi connectivity index (χ0v) is 11.1. The molecule has 0 radical (unpaired) electrons. The van der Waals surface area contributed by atoms with Gasteiger partial charge in [0.25, 0.3) is 0 Å². The first-order valence-corrected chi connectivity index (χ1v) is 6.46. The van der Waals surface area contributed by atoms with E-state index in [9.17, 15) is 0 Å². The van der Waals surface area contributed by atoms with E-state index in [2.05, 4.69) is 34.7 Å². The summed E-state index contributed by atoms with van der Waals surface area (Å²) in [5.41, 5.74) is 1.25. The lowest BCUT2D eigenvalue weighted by molar-refractivity contribution is 0.499. The molecular weight excluding hydrogens is 248 g/mol. The molecule has 1 aromatic carbocycles. The minimum Gasteiger partial charge on any atom is -0.310 e. The van der Waals surface area contributed by atoms with E-state index in [4.69, 9.17) is 11.6 Å². The Labute approximate surface area is 112 Å². The molecule has 1 heterocycles. The molecule has 5 heteroatoms. The van der Waals surface area contributed by atoms with Crippen LogP contribution < -0.4 is 5.32 Å². The summed E-state index contributed by atoms with van der Waals surface area (Å²) >= 11 is 5.86. The normalized spacial score (nSPS) is 12.6. The van der Waals surface area contributed by atoms with Crippen molar-refractivity contribution in [3.05, 3.63) is 47.2 Å². The molecule has 2 rings (SSSR count). The zero-order chi connectivity index (χ0) is 12.8. The number of nitrogens with one attached hydrogen (secondary N) is 1. The third kappa shape index (κ3) is 3.82.